The Bertz CT molecular complexity index is 722. The third-order valence-electron chi connectivity index (χ3n) is 3.74. The van der Waals surface area contributed by atoms with Crippen molar-refractivity contribution in [1.29, 1.82) is 0 Å². The number of methoxy groups -OCH3 is 1. The Kier molecular flexibility index (Phi) is 5.73. The Balaban J connectivity index is 2.01. The van der Waals surface area contributed by atoms with Crippen molar-refractivity contribution in [2.75, 3.05) is 32.6 Å². The molecule has 0 aliphatic heterocycles. The SMILES string of the molecule is COc1ccccc1CN(C)C(=O)CN(C)c1ccc(F)c(F)c1. The second kappa shape index (κ2) is 7.77. The molecule has 0 aliphatic rings. The number of ether oxygens (including phenoxy) is 1. The molecule has 0 aromatic heterocycles. The minimum absolute atomic E-state index is 0.0523. The zero-order chi connectivity index (χ0) is 17.7. The first-order valence-corrected chi connectivity index (χ1v) is 7.44. The van der Waals surface area contributed by atoms with Crippen LogP contribution in [0.15, 0.2) is 42.5 Å². The summed E-state index contributed by atoms with van der Waals surface area (Å²) in [4.78, 5) is 15.5. The highest BCUT2D eigenvalue weighted by molar-refractivity contribution is 5.81. The van der Waals surface area contributed by atoms with E-state index in [4.69, 9.17) is 4.74 Å². The predicted octanol–water partition coefficient (Wildman–Crippen LogP) is 3.07. The van der Waals surface area contributed by atoms with Crippen molar-refractivity contribution < 1.29 is 18.3 Å². The Labute approximate surface area is 140 Å². The van der Waals surface area contributed by atoms with Gasteiger partial charge in [-0.25, -0.2) is 8.78 Å². The second-order valence-electron chi connectivity index (χ2n) is 5.52. The maximum absolute atomic E-state index is 13.3. The molecule has 0 fully saturated rings. The van der Waals surface area contributed by atoms with Crippen molar-refractivity contribution in [3.8, 4) is 5.75 Å². The van der Waals surface area contributed by atoms with Crippen LogP contribution >= 0.6 is 0 Å². The molecule has 0 unspecified atom stereocenters. The number of rotatable bonds is 6. The minimum atomic E-state index is -0.936. The minimum Gasteiger partial charge on any atom is -0.496 e. The molecule has 2 rings (SSSR count). The van der Waals surface area contributed by atoms with Crippen molar-refractivity contribution in [2.24, 2.45) is 0 Å². The van der Waals surface area contributed by atoms with Crippen LogP contribution in [0.2, 0.25) is 0 Å². The summed E-state index contributed by atoms with van der Waals surface area (Å²) in [5.74, 6) is -1.28. The summed E-state index contributed by atoms with van der Waals surface area (Å²) in [7, 11) is 4.92. The molecule has 0 radical (unpaired) electrons. The lowest BCUT2D eigenvalue weighted by Crippen LogP contribution is -2.36. The van der Waals surface area contributed by atoms with Crippen LogP contribution in [0.1, 0.15) is 5.56 Å². The summed E-state index contributed by atoms with van der Waals surface area (Å²) < 4.78 is 31.6. The van der Waals surface area contributed by atoms with Gasteiger partial charge in [0.25, 0.3) is 0 Å². The summed E-state index contributed by atoms with van der Waals surface area (Å²) in [5, 5.41) is 0. The molecule has 0 aliphatic carbocycles. The van der Waals surface area contributed by atoms with Crippen LogP contribution in [0, 0.1) is 11.6 Å². The molecule has 2 aromatic rings. The quantitative estimate of drug-likeness (QED) is 0.814. The molecule has 0 bridgehead atoms. The number of hydrogen-bond donors (Lipinski definition) is 0. The van der Waals surface area contributed by atoms with Crippen molar-refractivity contribution in [3.05, 3.63) is 59.7 Å². The van der Waals surface area contributed by atoms with Crippen LogP contribution in [0.25, 0.3) is 0 Å². The molecular formula is C18H20F2N2O2. The Morgan fingerprint density at radius 3 is 2.46 bits per heavy atom. The zero-order valence-electron chi connectivity index (χ0n) is 13.9. The second-order valence-corrected chi connectivity index (χ2v) is 5.52. The van der Waals surface area contributed by atoms with Gasteiger partial charge in [0.15, 0.2) is 11.6 Å². The number of amides is 1. The number of halogens is 2. The number of likely N-dealkylation sites (N-methyl/N-ethyl adjacent to an activating group) is 2. The molecule has 0 N–H and O–H groups in total. The topological polar surface area (TPSA) is 32.8 Å². The van der Waals surface area contributed by atoms with E-state index in [0.29, 0.717) is 18.0 Å². The van der Waals surface area contributed by atoms with E-state index in [9.17, 15) is 13.6 Å². The average Bonchev–Trinajstić information content (AvgIpc) is 2.57. The number of para-hydroxylation sites is 1. The lowest BCUT2D eigenvalue weighted by molar-refractivity contribution is -0.128. The van der Waals surface area contributed by atoms with Gasteiger partial charge in [-0.3, -0.25) is 4.79 Å². The molecule has 6 heteroatoms. The van der Waals surface area contributed by atoms with Crippen molar-refractivity contribution in [1.82, 2.24) is 4.90 Å². The number of hydrogen-bond acceptors (Lipinski definition) is 3. The molecular weight excluding hydrogens is 314 g/mol. The molecule has 0 heterocycles. The van der Waals surface area contributed by atoms with Gasteiger partial charge < -0.3 is 14.5 Å². The predicted molar refractivity (Wildman–Crippen MR) is 89.1 cm³/mol. The van der Waals surface area contributed by atoms with Gasteiger partial charge in [-0.15, -0.1) is 0 Å². The van der Waals surface area contributed by atoms with Crippen LogP contribution in [0.5, 0.6) is 5.75 Å². The summed E-state index contributed by atoms with van der Waals surface area (Å²) >= 11 is 0. The monoisotopic (exact) mass is 334 g/mol. The first-order chi connectivity index (χ1) is 11.4. The van der Waals surface area contributed by atoms with Gasteiger partial charge in [-0.2, -0.15) is 0 Å². The van der Waals surface area contributed by atoms with Gasteiger partial charge in [0.1, 0.15) is 5.75 Å². The molecule has 0 atom stereocenters. The molecule has 24 heavy (non-hydrogen) atoms. The first-order valence-electron chi connectivity index (χ1n) is 7.44. The fourth-order valence-electron chi connectivity index (χ4n) is 2.31. The maximum atomic E-state index is 13.3. The van der Waals surface area contributed by atoms with Gasteiger partial charge in [-0.05, 0) is 18.2 Å². The largest absolute Gasteiger partial charge is 0.496 e. The van der Waals surface area contributed by atoms with Gasteiger partial charge in [0.05, 0.1) is 13.7 Å². The molecule has 0 saturated heterocycles. The number of carbonyl (C=O) groups excluding carboxylic acids is 1. The first kappa shape index (κ1) is 17.7. The Morgan fingerprint density at radius 1 is 1.08 bits per heavy atom. The smallest absolute Gasteiger partial charge is 0.242 e. The summed E-state index contributed by atoms with van der Waals surface area (Å²) in [6.45, 7) is 0.450. The molecule has 4 nitrogen and oxygen atoms in total. The number of carbonyl (C=O) groups is 1. The van der Waals surface area contributed by atoms with Crippen molar-refractivity contribution in [3.63, 3.8) is 0 Å². The summed E-state index contributed by atoms with van der Waals surface area (Å²) in [6.07, 6.45) is 0. The molecule has 0 saturated carbocycles. The highest BCUT2D eigenvalue weighted by atomic mass is 19.2. The van der Waals surface area contributed by atoms with Crippen LogP contribution in [0.4, 0.5) is 14.5 Å². The number of anilines is 1. The van der Waals surface area contributed by atoms with Crippen LogP contribution in [-0.4, -0.2) is 38.6 Å². The Morgan fingerprint density at radius 2 is 1.79 bits per heavy atom. The number of benzene rings is 2. The lowest BCUT2D eigenvalue weighted by Gasteiger charge is -2.24. The molecule has 2 aromatic carbocycles. The van der Waals surface area contributed by atoms with Crippen LogP contribution < -0.4 is 9.64 Å². The molecule has 0 spiro atoms. The van der Waals surface area contributed by atoms with Gasteiger partial charge >= 0.3 is 0 Å². The van der Waals surface area contributed by atoms with Gasteiger partial charge in [0, 0.05) is 38.0 Å². The maximum Gasteiger partial charge on any atom is 0.242 e. The zero-order valence-corrected chi connectivity index (χ0v) is 13.9. The average molecular weight is 334 g/mol. The molecule has 1 amide bonds. The normalized spacial score (nSPS) is 10.4. The van der Waals surface area contributed by atoms with E-state index in [0.717, 1.165) is 17.7 Å². The van der Waals surface area contributed by atoms with E-state index in [2.05, 4.69) is 0 Å². The van der Waals surface area contributed by atoms with E-state index < -0.39 is 11.6 Å². The fourth-order valence-corrected chi connectivity index (χ4v) is 2.31. The number of nitrogens with zero attached hydrogens (tertiary/aromatic N) is 2. The van der Waals surface area contributed by atoms with E-state index >= 15 is 0 Å². The fraction of sp³-hybridized carbons (Fsp3) is 0.278. The summed E-state index contributed by atoms with van der Waals surface area (Å²) in [6, 6.07) is 11.0. The van der Waals surface area contributed by atoms with Crippen LogP contribution in [0.3, 0.4) is 0 Å². The highest BCUT2D eigenvalue weighted by Crippen LogP contribution is 2.20. The van der Waals surface area contributed by atoms with Crippen molar-refractivity contribution in [2.45, 2.75) is 6.54 Å². The third kappa shape index (κ3) is 4.22. The Hall–Kier alpha value is -2.63. The van der Waals surface area contributed by atoms with Crippen molar-refractivity contribution >= 4 is 11.6 Å². The van der Waals surface area contributed by atoms with Crippen LogP contribution in [-0.2, 0) is 11.3 Å². The van der Waals surface area contributed by atoms with Gasteiger partial charge in [-0.1, -0.05) is 18.2 Å². The standard InChI is InChI=1S/C18H20F2N2O2/c1-21(14-8-9-15(19)16(20)10-14)12-18(23)22(2)11-13-6-4-5-7-17(13)24-3/h4-10H,11-12H2,1-3H3. The van der Waals surface area contributed by atoms with E-state index in [1.54, 1.807) is 31.0 Å². The van der Waals surface area contributed by atoms with E-state index in [1.807, 2.05) is 24.3 Å². The van der Waals surface area contributed by atoms with E-state index in [-0.39, 0.29) is 12.5 Å². The van der Waals surface area contributed by atoms with Gasteiger partial charge in [0.2, 0.25) is 5.91 Å². The van der Waals surface area contributed by atoms with E-state index in [1.165, 1.54) is 6.07 Å². The third-order valence-corrected chi connectivity index (χ3v) is 3.74. The lowest BCUT2D eigenvalue weighted by atomic mass is 10.2. The summed E-state index contributed by atoms with van der Waals surface area (Å²) in [5.41, 5.74) is 1.33. The molecule has 128 valence electrons. The highest BCUT2D eigenvalue weighted by Gasteiger charge is 2.15.